The van der Waals surface area contributed by atoms with Gasteiger partial charge >= 0.3 is 10.4 Å². The molecule has 4 N–H and O–H groups in total. The lowest BCUT2D eigenvalue weighted by molar-refractivity contribution is -0.255. The van der Waals surface area contributed by atoms with Crippen molar-refractivity contribution in [2.45, 2.75) is 123 Å². The maximum absolute atomic E-state index is 12.4. The van der Waals surface area contributed by atoms with E-state index in [1.165, 1.54) is 12.8 Å². The van der Waals surface area contributed by atoms with E-state index in [0.717, 1.165) is 24.8 Å². The molecule has 3 fully saturated rings. The highest BCUT2D eigenvalue weighted by Crippen LogP contribution is 2.69. The Kier molecular flexibility index (Phi) is 7.36. The molecule has 4 rings (SSSR count). The summed E-state index contributed by atoms with van der Waals surface area (Å²) in [6.07, 6.45) is 5.62. The Morgan fingerprint density at radius 1 is 1.03 bits per heavy atom. The molecule has 3 saturated carbocycles. The lowest BCUT2D eigenvalue weighted by Crippen LogP contribution is -2.73. The first-order valence-corrected chi connectivity index (χ1v) is 15.4. The van der Waals surface area contributed by atoms with Crippen LogP contribution in [-0.4, -0.2) is 51.7 Å². The maximum atomic E-state index is 12.4. The molecule has 4 unspecified atom stereocenters. The fraction of sp³-hybridized carbons (Fsp3) is 0.929. The van der Waals surface area contributed by atoms with Gasteiger partial charge in [0.25, 0.3) is 0 Å². The summed E-state index contributed by atoms with van der Waals surface area (Å²) in [6.45, 7) is 13.4. The standard InChI is InChI=1S/C28H48O7S/c1-17(2)18(3)7-8-19(4)21-9-10-22-23-15-24(35-36(32,33)34)28(31)16-20(29)11-12-26(28,6)27(23,30)14-13-25(21,22)5/h15,17-22,24,29-31H,7-14,16H2,1-6H3,(H,32,33,34)/t18?,19?,20-,21?,22?,24-,25+,26+,27+,28-/m0/s1. The van der Waals surface area contributed by atoms with E-state index >= 15 is 0 Å². The van der Waals surface area contributed by atoms with E-state index in [0.29, 0.717) is 42.9 Å². The first kappa shape index (κ1) is 28.5. The minimum absolute atomic E-state index is 0.0405. The van der Waals surface area contributed by atoms with E-state index in [4.69, 9.17) is 4.18 Å². The summed E-state index contributed by atoms with van der Waals surface area (Å²) in [5.74, 6) is 2.42. The van der Waals surface area contributed by atoms with Gasteiger partial charge in [0.05, 0.1) is 11.7 Å². The summed E-state index contributed by atoms with van der Waals surface area (Å²) < 4.78 is 38.3. The zero-order valence-electron chi connectivity index (χ0n) is 22.9. The van der Waals surface area contributed by atoms with Gasteiger partial charge in [0.15, 0.2) is 0 Å². The summed E-state index contributed by atoms with van der Waals surface area (Å²) >= 11 is 0. The van der Waals surface area contributed by atoms with Crippen LogP contribution in [0.15, 0.2) is 11.6 Å². The van der Waals surface area contributed by atoms with Gasteiger partial charge in [-0.3, -0.25) is 4.55 Å². The molecule has 0 bridgehead atoms. The van der Waals surface area contributed by atoms with E-state index in [1.807, 2.05) is 0 Å². The van der Waals surface area contributed by atoms with Crippen molar-refractivity contribution in [3.05, 3.63) is 11.6 Å². The number of fused-ring (bicyclic) bond motifs is 5. The van der Waals surface area contributed by atoms with E-state index in [-0.39, 0.29) is 17.8 Å². The molecule has 4 aliphatic carbocycles. The quantitative estimate of drug-likeness (QED) is 0.280. The summed E-state index contributed by atoms with van der Waals surface area (Å²) in [7, 11) is -4.87. The smallest absolute Gasteiger partial charge is 0.393 e. The highest BCUT2D eigenvalue weighted by molar-refractivity contribution is 7.80. The first-order valence-electron chi connectivity index (χ1n) is 14.0. The molecule has 36 heavy (non-hydrogen) atoms. The molecule has 208 valence electrons. The lowest BCUT2D eigenvalue weighted by atomic mass is 9.43. The first-order chi connectivity index (χ1) is 16.5. The third-order valence-corrected chi connectivity index (χ3v) is 12.1. The second-order valence-corrected chi connectivity index (χ2v) is 14.6. The van der Waals surface area contributed by atoms with Crippen LogP contribution in [0.5, 0.6) is 0 Å². The zero-order chi connectivity index (χ0) is 26.9. The molecule has 7 nitrogen and oxygen atoms in total. The van der Waals surface area contributed by atoms with E-state index in [2.05, 4.69) is 34.6 Å². The van der Waals surface area contributed by atoms with Crippen LogP contribution in [0, 0.1) is 40.4 Å². The van der Waals surface area contributed by atoms with Gasteiger partial charge in [-0.15, -0.1) is 0 Å². The van der Waals surface area contributed by atoms with Crippen LogP contribution in [0.3, 0.4) is 0 Å². The topological polar surface area (TPSA) is 124 Å². The SMILES string of the molecule is CC(C)C(C)CCC(C)C1CCC2C3=C[C@H](OS(=O)(=O)O)[C@@]4(O)C[C@@H](O)CC[C@]4(C)[C@@]3(O)CC[C@@]21C. The lowest BCUT2D eigenvalue weighted by Gasteiger charge is -2.66. The molecular formula is C28H48O7S. The Balaban J connectivity index is 1.71. The van der Waals surface area contributed by atoms with Gasteiger partial charge in [-0.1, -0.05) is 54.4 Å². The summed E-state index contributed by atoms with van der Waals surface area (Å²) in [5, 5.41) is 34.7. The Labute approximate surface area is 217 Å². The average Bonchev–Trinajstić information content (AvgIpc) is 3.11. The Bertz CT molecular complexity index is 978. The number of hydrogen-bond acceptors (Lipinski definition) is 6. The number of rotatable bonds is 7. The van der Waals surface area contributed by atoms with Gasteiger partial charge < -0.3 is 15.3 Å². The predicted molar refractivity (Wildman–Crippen MR) is 138 cm³/mol. The maximum Gasteiger partial charge on any atom is 0.398 e. The van der Waals surface area contributed by atoms with Gasteiger partial charge in [0.1, 0.15) is 11.7 Å². The van der Waals surface area contributed by atoms with Crippen molar-refractivity contribution in [2.75, 3.05) is 0 Å². The van der Waals surface area contributed by atoms with Gasteiger partial charge in [-0.25, -0.2) is 4.18 Å². The van der Waals surface area contributed by atoms with Crippen LogP contribution in [0.4, 0.5) is 0 Å². The fourth-order valence-electron chi connectivity index (χ4n) is 8.75. The van der Waals surface area contributed by atoms with E-state index < -0.39 is 39.2 Å². The minimum Gasteiger partial charge on any atom is -0.393 e. The Morgan fingerprint density at radius 2 is 1.69 bits per heavy atom. The predicted octanol–water partition coefficient (Wildman–Crippen LogP) is 4.66. The van der Waals surface area contributed by atoms with Crippen molar-refractivity contribution in [3.63, 3.8) is 0 Å². The molecular weight excluding hydrogens is 480 g/mol. The monoisotopic (exact) mass is 528 g/mol. The third-order valence-electron chi connectivity index (χ3n) is 11.6. The van der Waals surface area contributed by atoms with Crippen LogP contribution < -0.4 is 0 Å². The second kappa shape index (κ2) is 9.30. The third kappa shape index (κ3) is 4.32. The number of aliphatic hydroxyl groups is 3. The average molecular weight is 529 g/mol. The molecule has 0 aliphatic heterocycles. The van der Waals surface area contributed by atoms with Crippen molar-refractivity contribution < 1.29 is 32.5 Å². The van der Waals surface area contributed by atoms with Crippen LogP contribution >= 0.6 is 0 Å². The summed E-state index contributed by atoms with van der Waals surface area (Å²) in [6, 6.07) is 0. The highest BCUT2D eigenvalue weighted by Gasteiger charge is 2.71. The number of hydrogen-bond donors (Lipinski definition) is 4. The molecule has 0 spiro atoms. The second-order valence-electron chi connectivity index (χ2n) is 13.6. The largest absolute Gasteiger partial charge is 0.398 e. The van der Waals surface area contributed by atoms with Crippen LogP contribution in [0.2, 0.25) is 0 Å². The molecule has 4 aliphatic rings. The zero-order valence-corrected chi connectivity index (χ0v) is 23.7. The molecule has 10 atom stereocenters. The number of aliphatic hydroxyl groups excluding tert-OH is 1. The van der Waals surface area contributed by atoms with Gasteiger partial charge in [0, 0.05) is 11.8 Å². The van der Waals surface area contributed by atoms with Crippen LogP contribution in [-0.2, 0) is 14.6 Å². The van der Waals surface area contributed by atoms with E-state index in [1.54, 1.807) is 13.0 Å². The molecule has 0 aromatic heterocycles. The van der Waals surface area contributed by atoms with Gasteiger partial charge in [-0.05, 0) is 85.2 Å². The van der Waals surface area contributed by atoms with Crippen molar-refractivity contribution in [2.24, 2.45) is 40.4 Å². The van der Waals surface area contributed by atoms with Crippen LogP contribution in [0.25, 0.3) is 0 Å². The van der Waals surface area contributed by atoms with Crippen molar-refractivity contribution in [1.82, 2.24) is 0 Å². The summed E-state index contributed by atoms with van der Waals surface area (Å²) in [4.78, 5) is 0. The molecule has 0 radical (unpaired) electrons. The summed E-state index contributed by atoms with van der Waals surface area (Å²) in [5.41, 5.74) is -3.55. The molecule has 0 aromatic rings. The molecule has 0 amide bonds. The van der Waals surface area contributed by atoms with Crippen molar-refractivity contribution >= 4 is 10.4 Å². The molecule has 8 heteroatoms. The Hall–Kier alpha value is -0.510. The van der Waals surface area contributed by atoms with Gasteiger partial charge in [0.2, 0.25) is 0 Å². The molecule has 0 saturated heterocycles. The van der Waals surface area contributed by atoms with Gasteiger partial charge in [-0.2, -0.15) is 8.42 Å². The van der Waals surface area contributed by atoms with Crippen molar-refractivity contribution in [1.29, 1.82) is 0 Å². The Morgan fingerprint density at radius 3 is 2.31 bits per heavy atom. The fourth-order valence-corrected chi connectivity index (χ4v) is 9.23. The van der Waals surface area contributed by atoms with E-state index in [9.17, 15) is 28.3 Å². The van der Waals surface area contributed by atoms with Crippen molar-refractivity contribution in [3.8, 4) is 0 Å². The minimum atomic E-state index is -4.87. The van der Waals surface area contributed by atoms with Crippen LogP contribution in [0.1, 0.15) is 99.3 Å². The highest BCUT2D eigenvalue weighted by atomic mass is 32.3. The molecule has 0 heterocycles. The normalized spacial score (nSPS) is 46.5. The molecule has 0 aromatic carbocycles.